The number of hydrazine groups is 1. The molecule has 0 aliphatic carbocycles. The molecule has 168 valence electrons. The quantitative estimate of drug-likeness (QED) is 0.134. The molecule has 3 aromatic rings. The zero-order chi connectivity index (χ0) is 23.1. The van der Waals surface area contributed by atoms with Gasteiger partial charge in [-0.05, 0) is 48.0 Å². The molecule has 0 saturated carbocycles. The molecule has 8 nitrogen and oxygen atoms in total. The number of nitrogens with one attached hydrogen (secondary N) is 3. The predicted octanol–water partition coefficient (Wildman–Crippen LogP) is 3.41. The van der Waals surface area contributed by atoms with Crippen LogP contribution < -0.4 is 16.2 Å². The van der Waals surface area contributed by atoms with E-state index in [-0.39, 0.29) is 28.9 Å². The Morgan fingerprint density at radius 2 is 1.84 bits per heavy atom. The standard InChI is InChI=1S/C22H23N3O5S2/c1-30-21(29)15-12-18(14-5-3-2-4-6-14)32-20(15)23-22(31)25-24-19(28)10-8-13-7-9-16(26)17(27)11-13/h2-7,9,11-12,21,26-27,29H,8,10H2,1H3,(H,24,28)(H2,23,25,31). The van der Waals surface area contributed by atoms with E-state index in [0.717, 1.165) is 10.4 Å². The molecule has 10 heteroatoms. The molecule has 1 aromatic heterocycles. The van der Waals surface area contributed by atoms with Crippen LogP contribution in [0, 0.1) is 0 Å². The number of thiocarbonyl (C=S) groups is 1. The van der Waals surface area contributed by atoms with Crippen LogP contribution in [0.5, 0.6) is 11.5 Å². The Morgan fingerprint density at radius 1 is 1.09 bits per heavy atom. The summed E-state index contributed by atoms with van der Waals surface area (Å²) in [7, 11) is 1.40. The third-order valence-electron chi connectivity index (χ3n) is 4.53. The molecule has 1 amide bonds. The highest BCUT2D eigenvalue weighted by molar-refractivity contribution is 7.80. The number of amides is 1. The molecule has 0 spiro atoms. The fourth-order valence-electron chi connectivity index (χ4n) is 2.86. The van der Waals surface area contributed by atoms with Gasteiger partial charge >= 0.3 is 0 Å². The van der Waals surface area contributed by atoms with Gasteiger partial charge in [-0.2, -0.15) is 0 Å². The van der Waals surface area contributed by atoms with Crippen molar-refractivity contribution in [2.45, 2.75) is 19.1 Å². The number of benzene rings is 2. The van der Waals surface area contributed by atoms with Crippen LogP contribution in [-0.2, 0) is 16.0 Å². The largest absolute Gasteiger partial charge is 0.504 e. The van der Waals surface area contributed by atoms with Crippen molar-refractivity contribution in [3.8, 4) is 21.9 Å². The van der Waals surface area contributed by atoms with Gasteiger partial charge in [0, 0.05) is 24.0 Å². The lowest BCUT2D eigenvalue weighted by Crippen LogP contribution is -2.43. The summed E-state index contributed by atoms with van der Waals surface area (Å²) in [4.78, 5) is 13.0. The highest BCUT2D eigenvalue weighted by Crippen LogP contribution is 2.38. The van der Waals surface area contributed by atoms with Crippen molar-refractivity contribution in [3.05, 3.63) is 65.7 Å². The number of methoxy groups -OCH3 is 1. The van der Waals surface area contributed by atoms with Crippen LogP contribution in [0.1, 0.15) is 23.8 Å². The molecule has 0 aliphatic rings. The molecular weight excluding hydrogens is 450 g/mol. The predicted molar refractivity (Wildman–Crippen MR) is 127 cm³/mol. The highest BCUT2D eigenvalue weighted by atomic mass is 32.1. The minimum absolute atomic E-state index is 0.143. The van der Waals surface area contributed by atoms with Crippen molar-refractivity contribution >= 4 is 39.6 Å². The normalized spacial score (nSPS) is 11.6. The van der Waals surface area contributed by atoms with E-state index in [1.807, 2.05) is 36.4 Å². The number of aliphatic hydroxyl groups excluding tert-OH is 1. The summed E-state index contributed by atoms with van der Waals surface area (Å²) < 4.78 is 5.05. The summed E-state index contributed by atoms with van der Waals surface area (Å²) in [5, 5.41) is 32.8. The maximum Gasteiger partial charge on any atom is 0.238 e. The maximum atomic E-state index is 12.1. The van der Waals surface area contributed by atoms with E-state index < -0.39 is 6.29 Å². The number of hydrogen-bond donors (Lipinski definition) is 6. The van der Waals surface area contributed by atoms with E-state index in [1.165, 1.54) is 30.6 Å². The molecule has 2 aromatic carbocycles. The lowest BCUT2D eigenvalue weighted by molar-refractivity contribution is -0.121. The lowest BCUT2D eigenvalue weighted by Gasteiger charge is -2.13. The van der Waals surface area contributed by atoms with Crippen molar-refractivity contribution in [1.82, 2.24) is 10.9 Å². The third-order valence-corrected chi connectivity index (χ3v) is 5.85. The summed E-state index contributed by atoms with van der Waals surface area (Å²) in [6.07, 6.45) is -0.618. The molecule has 1 atom stereocenters. The van der Waals surface area contributed by atoms with Crippen molar-refractivity contribution in [2.75, 3.05) is 12.4 Å². The Bertz CT molecular complexity index is 1090. The van der Waals surface area contributed by atoms with E-state index in [9.17, 15) is 20.1 Å². The van der Waals surface area contributed by atoms with Crippen LogP contribution >= 0.6 is 23.6 Å². The average molecular weight is 474 g/mol. The molecule has 0 bridgehead atoms. The second-order valence-corrected chi connectivity index (χ2v) is 8.26. The third kappa shape index (κ3) is 6.17. The number of aryl methyl sites for hydroxylation is 1. The second kappa shape index (κ2) is 10.9. The molecule has 1 heterocycles. The minimum atomic E-state index is -1.13. The van der Waals surface area contributed by atoms with Crippen LogP contribution in [0.15, 0.2) is 54.6 Å². The molecule has 1 unspecified atom stereocenters. The summed E-state index contributed by atoms with van der Waals surface area (Å²) in [5.41, 5.74) is 7.37. The number of thiophene rings is 1. The molecule has 6 N–H and O–H groups in total. The van der Waals surface area contributed by atoms with Gasteiger partial charge in [0.15, 0.2) is 22.9 Å². The maximum absolute atomic E-state index is 12.1. The summed E-state index contributed by atoms with van der Waals surface area (Å²) in [6, 6.07) is 15.9. The topological polar surface area (TPSA) is 123 Å². The molecule has 0 fully saturated rings. The SMILES string of the molecule is COC(O)c1cc(-c2ccccc2)sc1NC(=S)NNC(=O)CCc1ccc(O)c(O)c1. The number of rotatable bonds is 7. The summed E-state index contributed by atoms with van der Waals surface area (Å²) >= 11 is 6.65. The molecule has 32 heavy (non-hydrogen) atoms. The first-order valence-corrected chi connectivity index (χ1v) is 10.9. The fraction of sp³-hybridized carbons (Fsp3) is 0.182. The van der Waals surface area contributed by atoms with Crippen LogP contribution in [0.25, 0.3) is 10.4 Å². The zero-order valence-electron chi connectivity index (χ0n) is 17.2. The van der Waals surface area contributed by atoms with Crippen molar-refractivity contribution < 1.29 is 24.9 Å². The van der Waals surface area contributed by atoms with E-state index in [4.69, 9.17) is 17.0 Å². The van der Waals surface area contributed by atoms with Gasteiger partial charge in [0.25, 0.3) is 0 Å². The Hall–Kier alpha value is -3.18. The van der Waals surface area contributed by atoms with E-state index in [1.54, 1.807) is 6.07 Å². The number of aliphatic hydroxyl groups is 1. The summed E-state index contributed by atoms with van der Waals surface area (Å²) in [6.45, 7) is 0. The van der Waals surface area contributed by atoms with Crippen LogP contribution in [0.2, 0.25) is 0 Å². The number of phenols is 2. The van der Waals surface area contributed by atoms with Gasteiger partial charge in [0.2, 0.25) is 5.91 Å². The Labute approximate surface area is 194 Å². The number of ether oxygens (including phenoxy) is 1. The molecule has 0 saturated heterocycles. The van der Waals surface area contributed by atoms with E-state index in [2.05, 4.69) is 16.2 Å². The van der Waals surface area contributed by atoms with Crippen LogP contribution in [0.3, 0.4) is 0 Å². The Morgan fingerprint density at radius 3 is 2.53 bits per heavy atom. The van der Waals surface area contributed by atoms with Crippen molar-refractivity contribution in [3.63, 3.8) is 0 Å². The van der Waals surface area contributed by atoms with Gasteiger partial charge in [-0.3, -0.25) is 15.6 Å². The number of carbonyl (C=O) groups is 1. The Balaban J connectivity index is 1.57. The van der Waals surface area contributed by atoms with Crippen LogP contribution in [-0.4, -0.2) is 33.4 Å². The Kier molecular flexibility index (Phi) is 8.01. The first-order chi connectivity index (χ1) is 15.4. The molecular formula is C22H23N3O5S2. The van der Waals surface area contributed by atoms with Gasteiger partial charge in [-0.25, -0.2) is 0 Å². The van der Waals surface area contributed by atoms with Gasteiger partial charge in [0.1, 0.15) is 5.00 Å². The van der Waals surface area contributed by atoms with E-state index in [0.29, 0.717) is 22.5 Å². The fourth-order valence-corrected chi connectivity index (χ4v) is 4.17. The van der Waals surface area contributed by atoms with Gasteiger partial charge in [0.05, 0.1) is 0 Å². The minimum Gasteiger partial charge on any atom is -0.504 e. The summed E-state index contributed by atoms with van der Waals surface area (Å²) in [5.74, 6) is -0.750. The van der Waals surface area contributed by atoms with E-state index >= 15 is 0 Å². The average Bonchev–Trinajstić information content (AvgIpc) is 3.22. The molecule has 0 aliphatic heterocycles. The zero-order valence-corrected chi connectivity index (χ0v) is 18.8. The molecule has 3 rings (SSSR count). The number of phenolic OH excluding ortho intramolecular Hbond substituents is 2. The second-order valence-electron chi connectivity index (χ2n) is 6.80. The first-order valence-electron chi connectivity index (χ1n) is 9.64. The number of hydrogen-bond acceptors (Lipinski definition) is 7. The van der Waals surface area contributed by atoms with Gasteiger partial charge in [-0.15, -0.1) is 11.3 Å². The van der Waals surface area contributed by atoms with Gasteiger partial charge in [-0.1, -0.05) is 36.4 Å². The van der Waals surface area contributed by atoms with Crippen molar-refractivity contribution in [1.29, 1.82) is 0 Å². The van der Waals surface area contributed by atoms with Crippen LogP contribution in [0.4, 0.5) is 5.00 Å². The first kappa shape index (κ1) is 23.5. The number of anilines is 1. The molecule has 0 radical (unpaired) electrons. The highest BCUT2D eigenvalue weighted by Gasteiger charge is 2.18. The lowest BCUT2D eigenvalue weighted by atomic mass is 10.1. The number of aromatic hydroxyl groups is 2. The smallest absolute Gasteiger partial charge is 0.238 e. The monoisotopic (exact) mass is 473 g/mol. The van der Waals surface area contributed by atoms with Gasteiger partial charge < -0.3 is 25.4 Å². The van der Waals surface area contributed by atoms with Crippen molar-refractivity contribution in [2.24, 2.45) is 0 Å². The number of carbonyl (C=O) groups excluding carboxylic acids is 1.